The first-order valence-corrected chi connectivity index (χ1v) is 6.32. The van der Waals surface area contributed by atoms with Crippen molar-refractivity contribution in [3.8, 4) is 0 Å². The molecule has 1 heterocycles. The summed E-state index contributed by atoms with van der Waals surface area (Å²) in [5, 5.41) is 14.6. The number of hydrazone groups is 1. The Balaban J connectivity index is 1.91. The Bertz CT molecular complexity index is 494. The molecule has 0 saturated heterocycles. The fraction of sp³-hybridized carbons (Fsp3) is 0.385. The second-order valence-corrected chi connectivity index (χ2v) is 4.36. The summed E-state index contributed by atoms with van der Waals surface area (Å²) in [6.07, 6.45) is 6.05. The van der Waals surface area contributed by atoms with E-state index in [1.807, 2.05) is 0 Å². The number of hydrogen-bond donors (Lipinski definition) is 1. The monoisotopic (exact) mass is 260 g/mol. The van der Waals surface area contributed by atoms with Gasteiger partial charge in [-0.2, -0.15) is 5.10 Å². The van der Waals surface area contributed by atoms with Gasteiger partial charge in [-0.15, -0.1) is 0 Å². The van der Waals surface area contributed by atoms with Crippen LogP contribution in [0.25, 0.3) is 0 Å². The molecular formula is C13H16N4O2. The van der Waals surface area contributed by atoms with Crippen molar-refractivity contribution < 1.29 is 4.92 Å². The summed E-state index contributed by atoms with van der Waals surface area (Å²) in [6.45, 7) is 0.857. The second kappa shape index (κ2) is 6.63. The molecule has 0 fully saturated rings. The summed E-state index contributed by atoms with van der Waals surface area (Å²) < 4.78 is 0. The van der Waals surface area contributed by atoms with Gasteiger partial charge >= 0.3 is 0 Å². The van der Waals surface area contributed by atoms with E-state index < -0.39 is 4.92 Å². The van der Waals surface area contributed by atoms with Gasteiger partial charge in [-0.3, -0.25) is 20.5 Å². The van der Waals surface area contributed by atoms with Gasteiger partial charge in [-0.25, -0.2) is 0 Å². The first-order chi connectivity index (χ1) is 9.25. The zero-order valence-electron chi connectivity index (χ0n) is 10.6. The normalized spacial score (nSPS) is 15.9. The molecule has 1 aromatic rings. The first-order valence-electron chi connectivity index (χ1n) is 6.32. The van der Waals surface area contributed by atoms with Gasteiger partial charge in [0, 0.05) is 25.1 Å². The van der Waals surface area contributed by atoms with Gasteiger partial charge in [0.1, 0.15) is 5.84 Å². The zero-order valence-corrected chi connectivity index (χ0v) is 10.6. The molecule has 19 heavy (non-hydrogen) atoms. The highest BCUT2D eigenvalue weighted by Gasteiger charge is 2.03. The Morgan fingerprint density at radius 1 is 1.26 bits per heavy atom. The molecule has 0 saturated carbocycles. The minimum absolute atomic E-state index is 0.0817. The number of nitrogens with one attached hydrogen (secondary N) is 1. The highest BCUT2D eigenvalue weighted by Crippen LogP contribution is 2.10. The van der Waals surface area contributed by atoms with Crippen LogP contribution in [0.15, 0.2) is 34.4 Å². The lowest BCUT2D eigenvalue weighted by Gasteiger charge is -2.01. The number of benzene rings is 1. The molecule has 0 radical (unpaired) electrons. The maximum atomic E-state index is 10.5. The minimum Gasteiger partial charge on any atom is -0.271 e. The summed E-state index contributed by atoms with van der Waals surface area (Å²) in [4.78, 5) is 14.5. The van der Waals surface area contributed by atoms with Crippen LogP contribution in [0.5, 0.6) is 0 Å². The van der Waals surface area contributed by atoms with E-state index in [0.717, 1.165) is 37.2 Å². The van der Waals surface area contributed by atoms with Crippen LogP contribution in [0.3, 0.4) is 0 Å². The van der Waals surface area contributed by atoms with Crippen molar-refractivity contribution in [2.24, 2.45) is 10.1 Å². The number of amidine groups is 1. The van der Waals surface area contributed by atoms with E-state index in [0.29, 0.717) is 0 Å². The average Bonchev–Trinajstić information content (AvgIpc) is 2.68. The van der Waals surface area contributed by atoms with Crippen molar-refractivity contribution in [2.45, 2.75) is 25.7 Å². The van der Waals surface area contributed by atoms with Crippen molar-refractivity contribution in [1.29, 1.82) is 0 Å². The van der Waals surface area contributed by atoms with Crippen LogP contribution in [-0.2, 0) is 0 Å². The fourth-order valence-electron chi connectivity index (χ4n) is 1.83. The Labute approximate surface area is 111 Å². The van der Waals surface area contributed by atoms with Crippen LogP contribution >= 0.6 is 0 Å². The summed E-state index contributed by atoms with van der Waals surface area (Å²) >= 11 is 0. The van der Waals surface area contributed by atoms with Crippen LogP contribution in [0.1, 0.15) is 31.2 Å². The lowest BCUT2D eigenvalue weighted by Crippen LogP contribution is -2.17. The van der Waals surface area contributed by atoms with Gasteiger partial charge in [0.05, 0.1) is 11.1 Å². The lowest BCUT2D eigenvalue weighted by atomic mass is 10.2. The van der Waals surface area contributed by atoms with E-state index in [-0.39, 0.29) is 5.69 Å². The smallest absolute Gasteiger partial charge is 0.269 e. The molecule has 1 aliphatic rings. The molecule has 6 heteroatoms. The molecule has 0 amide bonds. The third-order valence-electron chi connectivity index (χ3n) is 2.89. The lowest BCUT2D eigenvalue weighted by molar-refractivity contribution is -0.384. The number of non-ortho nitro benzene ring substituents is 1. The molecule has 0 spiro atoms. The number of nitrogens with zero attached hydrogens (tertiary/aromatic N) is 3. The molecule has 100 valence electrons. The van der Waals surface area contributed by atoms with E-state index in [4.69, 9.17) is 0 Å². The molecule has 0 unspecified atom stereocenters. The fourth-order valence-corrected chi connectivity index (χ4v) is 1.83. The van der Waals surface area contributed by atoms with Gasteiger partial charge in [-0.05, 0) is 30.5 Å². The number of hydrogen-bond acceptors (Lipinski definition) is 5. The van der Waals surface area contributed by atoms with Gasteiger partial charge in [-0.1, -0.05) is 6.42 Å². The molecule has 0 aliphatic carbocycles. The van der Waals surface area contributed by atoms with E-state index in [1.54, 1.807) is 18.3 Å². The predicted molar refractivity (Wildman–Crippen MR) is 74.6 cm³/mol. The van der Waals surface area contributed by atoms with Crippen molar-refractivity contribution in [3.63, 3.8) is 0 Å². The molecule has 0 bridgehead atoms. The summed E-state index contributed by atoms with van der Waals surface area (Å²) in [5.74, 6) is 0.913. The van der Waals surface area contributed by atoms with Crippen LogP contribution in [0, 0.1) is 10.1 Å². The van der Waals surface area contributed by atoms with E-state index in [9.17, 15) is 10.1 Å². The number of nitro benzene ring substituents is 1. The van der Waals surface area contributed by atoms with E-state index in [1.165, 1.54) is 18.6 Å². The standard InChI is InChI=1S/C13H16N4O2/c18-17(19)12-7-5-11(6-8-12)10-15-16-13-4-2-1-3-9-14-13/h5-8,10H,1-4,9H2,(H,14,16). The van der Waals surface area contributed by atoms with Gasteiger partial charge in [0.2, 0.25) is 0 Å². The molecule has 1 aromatic carbocycles. The summed E-state index contributed by atoms with van der Waals surface area (Å²) in [5.41, 5.74) is 3.83. The quantitative estimate of drug-likeness (QED) is 0.515. The average molecular weight is 260 g/mol. The zero-order chi connectivity index (χ0) is 13.5. The van der Waals surface area contributed by atoms with Gasteiger partial charge < -0.3 is 0 Å². The van der Waals surface area contributed by atoms with Crippen LogP contribution in [0.2, 0.25) is 0 Å². The molecule has 1 N–H and O–H groups in total. The topological polar surface area (TPSA) is 79.9 Å². The maximum Gasteiger partial charge on any atom is 0.269 e. The molecule has 1 aliphatic heterocycles. The van der Waals surface area contributed by atoms with Crippen molar-refractivity contribution in [2.75, 3.05) is 6.54 Å². The van der Waals surface area contributed by atoms with Crippen LogP contribution in [-0.4, -0.2) is 23.5 Å². The Morgan fingerprint density at radius 2 is 2.05 bits per heavy atom. The van der Waals surface area contributed by atoms with Crippen molar-refractivity contribution in [1.82, 2.24) is 5.43 Å². The SMILES string of the molecule is O=[N+]([O-])c1ccc(C=NNC2=NCCCCC2)cc1. The molecular weight excluding hydrogens is 244 g/mol. The first kappa shape index (κ1) is 13.2. The third-order valence-corrected chi connectivity index (χ3v) is 2.89. The van der Waals surface area contributed by atoms with Crippen molar-refractivity contribution in [3.05, 3.63) is 39.9 Å². The summed E-state index contributed by atoms with van der Waals surface area (Å²) in [7, 11) is 0. The van der Waals surface area contributed by atoms with Crippen molar-refractivity contribution >= 4 is 17.7 Å². The number of rotatable bonds is 3. The Morgan fingerprint density at radius 3 is 2.79 bits per heavy atom. The van der Waals surface area contributed by atoms with Crippen LogP contribution in [0.4, 0.5) is 5.69 Å². The highest BCUT2D eigenvalue weighted by molar-refractivity contribution is 5.85. The van der Waals surface area contributed by atoms with E-state index in [2.05, 4.69) is 15.5 Å². The van der Waals surface area contributed by atoms with E-state index >= 15 is 0 Å². The Hall–Kier alpha value is -2.24. The second-order valence-electron chi connectivity index (χ2n) is 4.36. The molecule has 6 nitrogen and oxygen atoms in total. The molecule has 2 rings (SSSR count). The third kappa shape index (κ3) is 4.17. The largest absolute Gasteiger partial charge is 0.271 e. The molecule has 0 atom stereocenters. The Kier molecular flexibility index (Phi) is 4.60. The number of aliphatic imine (C=N–C) groups is 1. The highest BCUT2D eigenvalue weighted by atomic mass is 16.6. The maximum absolute atomic E-state index is 10.5. The molecule has 0 aromatic heterocycles. The number of nitro groups is 1. The summed E-state index contributed by atoms with van der Waals surface area (Å²) in [6, 6.07) is 6.26. The predicted octanol–water partition coefficient (Wildman–Crippen LogP) is 2.49. The van der Waals surface area contributed by atoms with Gasteiger partial charge in [0.25, 0.3) is 5.69 Å². The minimum atomic E-state index is -0.417. The van der Waals surface area contributed by atoms with Gasteiger partial charge in [0.15, 0.2) is 0 Å². The van der Waals surface area contributed by atoms with Crippen LogP contribution < -0.4 is 5.43 Å².